The van der Waals surface area contributed by atoms with E-state index in [0.29, 0.717) is 32.1 Å². The summed E-state index contributed by atoms with van der Waals surface area (Å²) in [6.45, 7) is 5.77. The molecule has 2 heterocycles. The highest BCUT2D eigenvalue weighted by Crippen LogP contribution is 2.33. The van der Waals surface area contributed by atoms with Gasteiger partial charge in [-0.15, -0.1) is 17.9 Å². The number of nitrogens with one attached hydrogen (secondary N) is 1. The van der Waals surface area contributed by atoms with Crippen molar-refractivity contribution in [3.63, 3.8) is 0 Å². The normalized spacial score (nSPS) is 14.6. The van der Waals surface area contributed by atoms with Crippen LogP contribution in [0.25, 0.3) is 10.2 Å². The molecule has 2 N–H and O–H groups in total. The van der Waals surface area contributed by atoms with Crippen LogP contribution in [0.2, 0.25) is 0 Å². The Hall–Kier alpha value is -2.32. The fourth-order valence-electron chi connectivity index (χ4n) is 4.16. The van der Waals surface area contributed by atoms with Crippen molar-refractivity contribution in [1.29, 1.82) is 0 Å². The minimum absolute atomic E-state index is 0.0473. The summed E-state index contributed by atoms with van der Waals surface area (Å²) in [4.78, 5) is 24.9. The number of aliphatic hydroxyl groups excluding tert-OH is 1. The predicted octanol–water partition coefficient (Wildman–Crippen LogP) is 3.43. The molecule has 164 valence electrons. The summed E-state index contributed by atoms with van der Waals surface area (Å²) in [6.07, 6.45) is 5.35. The van der Waals surface area contributed by atoms with Crippen molar-refractivity contribution in [2.24, 2.45) is 0 Å². The molecular weight excluding hydrogens is 410 g/mol. The van der Waals surface area contributed by atoms with Crippen LogP contribution in [0.1, 0.15) is 34.7 Å². The maximum absolute atomic E-state index is 12.9. The summed E-state index contributed by atoms with van der Waals surface area (Å²) < 4.78 is 5.40. The number of hydrogen-bond donors (Lipinski definition) is 2. The Bertz CT molecular complexity index is 1080. The Balaban J connectivity index is 1.55. The Morgan fingerprint density at radius 1 is 1.26 bits per heavy atom. The van der Waals surface area contributed by atoms with Gasteiger partial charge in [0.05, 0.1) is 31.2 Å². The van der Waals surface area contributed by atoms with Crippen LogP contribution in [0.5, 0.6) is 0 Å². The maximum Gasteiger partial charge on any atom is 0.259 e. The molecule has 3 aromatic rings. The summed E-state index contributed by atoms with van der Waals surface area (Å²) in [6, 6.07) is 10.1. The van der Waals surface area contributed by atoms with E-state index in [1.807, 2.05) is 18.2 Å². The van der Waals surface area contributed by atoms with E-state index in [1.165, 1.54) is 16.9 Å². The first-order valence-electron chi connectivity index (χ1n) is 10.8. The molecule has 31 heavy (non-hydrogen) atoms. The Kier molecular flexibility index (Phi) is 7.29. The predicted molar refractivity (Wildman–Crippen MR) is 124 cm³/mol. The van der Waals surface area contributed by atoms with Crippen molar-refractivity contribution < 1.29 is 9.84 Å². The number of hydrogen-bond acceptors (Lipinski definition) is 6. The summed E-state index contributed by atoms with van der Waals surface area (Å²) >= 11 is 1.66. The van der Waals surface area contributed by atoms with E-state index in [9.17, 15) is 9.90 Å². The Labute approximate surface area is 186 Å². The number of nitrogens with zero attached hydrogens (tertiary/aromatic N) is 2. The molecule has 1 atom stereocenters. The Morgan fingerprint density at radius 3 is 2.87 bits per heavy atom. The van der Waals surface area contributed by atoms with Crippen LogP contribution in [0.3, 0.4) is 0 Å². The fraction of sp³-hybridized carbons (Fsp3) is 0.417. The van der Waals surface area contributed by atoms with Crippen LogP contribution < -0.4 is 5.56 Å². The van der Waals surface area contributed by atoms with Crippen molar-refractivity contribution in [1.82, 2.24) is 14.9 Å². The first-order valence-corrected chi connectivity index (χ1v) is 11.6. The highest BCUT2D eigenvalue weighted by molar-refractivity contribution is 7.18. The quantitative estimate of drug-likeness (QED) is 0.374. The third-order valence-corrected chi connectivity index (χ3v) is 6.70. The summed E-state index contributed by atoms with van der Waals surface area (Å²) in [5.74, 6) is 0.631. The second-order valence-electron chi connectivity index (χ2n) is 8.04. The molecule has 0 aliphatic heterocycles. The standard InChI is InChI=1S/C24H29N3O3S/c1-2-12-30-16-18(28)14-27(13-17-8-4-3-5-9-17)15-21-25-23(29)22-19-10-6-7-11-20(19)31-24(22)26-21/h2-5,8-9,18,28H,1,6-7,10-16H2,(H,25,26,29)/t18-/m0/s1. The second kappa shape index (κ2) is 10.3. The zero-order valence-electron chi connectivity index (χ0n) is 17.7. The number of ether oxygens (including phenoxy) is 1. The lowest BCUT2D eigenvalue weighted by molar-refractivity contribution is 0.0223. The largest absolute Gasteiger partial charge is 0.389 e. The minimum Gasteiger partial charge on any atom is -0.389 e. The van der Waals surface area contributed by atoms with E-state index >= 15 is 0 Å². The van der Waals surface area contributed by atoms with E-state index < -0.39 is 6.10 Å². The number of aliphatic hydroxyl groups is 1. The van der Waals surface area contributed by atoms with Crippen LogP contribution in [0, 0.1) is 0 Å². The third kappa shape index (κ3) is 5.49. The van der Waals surface area contributed by atoms with Crippen molar-refractivity contribution in [3.8, 4) is 0 Å². The van der Waals surface area contributed by atoms with Gasteiger partial charge in [-0.25, -0.2) is 4.98 Å². The SMILES string of the molecule is C=CCOC[C@@H](O)CN(Cc1ccccc1)Cc1nc2sc3c(c2c(=O)[nH]1)CCCC3. The van der Waals surface area contributed by atoms with Gasteiger partial charge in [0.1, 0.15) is 10.7 Å². The van der Waals surface area contributed by atoms with E-state index in [2.05, 4.69) is 28.6 Å². The molecule has 1 aliphatic rings. The van der Waals surface area contributed by atoms with Gasteiger partial charge in [0.25, 0.3) is 5.56 Å². The summed E-state index contributed by atoms with van der Waals surface area (Å²) in [5, 5.41) is 11.2. The summed E-state index contributed by atoms with van der Waals surface area (Å²) in [5.41, 5.74) is 2.29. The fourth-order valence-corrected chi connectivity index (χ4v) is 5.44. The zero-order chi connectivity index (χ0) is 21.6. The van der Waals surface area contributed by atoms with Crippen molar-refractivity contribution >= 4 is 21.6 Å². The molecule has 0 bridgehead atoms. The van der Waals surface area contributed by atoms with Crippen molar-refractivity contribution in [2.45, 2.75) is 44.9 Å². The van der Waals surface area contributed by atoms with Gasteiger partial charge in [0.15, 0.2) is 0 Å². The molecule has 0 amide bonds. The van der Waals surface area contributed by atoms with Gasteiger partial charge in [-0.05, 0) is 36.8 Å². The molecular formula is C24H29N3O3S. The number of aryl methyl sites for hydroxylation is 2. The number of benzene rings is 1. The molecule has 0 saturated heterocycles. The molecule has 1 aromatic carbocycles. The van der Waals surface area contributed by atoms with Gasteiger partial charge in [-0.1, -0.05) is 36.4 Å². The number of aromatic nitrogens is 2. The maximum atomic E-state index is 12.9. The molecule has 0 spiro atoms. The van der Waals surface area contributed by atoms with Crippen molar-refractivity contribution in [2.75, 3.05) is 19.8 Å². The lowest BCUT2D eigenvalue weighted by Crippen LogP contribution is -2.35. The molecule has 0 saturated carbocycles. The monoisotopic (exact) mass is 439 g/mol. The molecule has 4 rings (SSSR count). The number of fused-ring (bicyclic) bond motifs is 3. The minimum atomic E-state index is -0.645. The molecule has 2 aromatic heterocycles. The average Bonchev–Trinajstić information content (AvgIpc) is 3.13. The molecule has 0 radical (unpaired) electrons. The van der Waals surface area contributed by atoms with Crippen LogP contribution in [0.4, 0.5) is 0 Å². The van der Waals surface area contributed by atoms with Crippen molar-refractivity contribution in [3.05, 3.63) is 75.2 Å². The third-order valence-electron chi connectivity index (χ3n) is 5.51. The van der Waals surface area contributed by atoms with E-state index in [0.717, 1.165) is 35.0 Å². The van der Waals surface area contributed by atoms with E-state index in [4.69, 9.17) is 9.72 Å². The number of rotatable bonds is 10. The van der Waals surface area contributed by atoms with Crippen LogP contribution in [-0.4, -0.2) is 45.8 Å². The molecule has 0 fully saturated rings. The highest BCUT2D eigenvalue weighted by atomic mass is 32.1. The molecule has 1 aliphatic carbocycles. The molecule has 6 nitrogen and oxygen atoms in total. The first kappa shape index (κ1) is 21.9. The van der Waals surface area contributed by atoms with E-state index in [1.54, 1.807) is 17.4 Å². The molecule has 0 unspecified atom stereocenters. The van der Waals surface area contributed by atoms with Gasteiger partial charge in [-0.2, -0.15) is 0 Å². The number of aromatic amines is 1. The molecule has 7 heteroatoms. The van der Waals surface area contributed by atoms with Crippen LogP contribution in [-0.2, 0) is 30.7 Å². The number of H-pyrrole nitrogens is 1. The van der Waals surface area contributed by atoms with Gasteiger partial charge in [-0.3, -0.25) is 9.69 Å². The topological polar surface area (TPSA) is 78.5 Å². The average molecular weight is 440 g/mol. The highest BCUT2D eigenvalue weighted by Gasteiger charge is 2.21. The van der Waals surface area contributed by atoms with Gasteiger partial charge >= 0.3 is 0 Å². The zero-order valence-corrected chi connectivity index (χ0v) is 18.5. The van der Waals surface area contributed by atoms with Crippen LogP contribution in [0.15, 0.2) is 47.8 Å². The smallest absolute Gasteiger partial charge is 0.259 e. The first-order chi connectivity index (χ1) is 15.1. The Morgan fingerprint density at radius 2 is 2.06 bits per heavy atom. The summed E-state index contributed by atoms with van der Waals surface area (Å²) in [7, 11) is 0. The lowest BCUT2D eigenvalue weighted by atomic mass is 9.97. The second-order valence-corrected chi connectivity index (χ2v) is 9.12. The number of thiophene rings is 1. The van der Waals surface area contributed by atoms with E-state index in [-0.39, 0.29) is 12.2 Å². The van der Waals surface area contributed by atoms with Gasteiger partial charge in [0, 0.05) is 18.0 Å². The van der Waals surface area contributed by atoms with Gasteiger partial charge in [0.2, 0.25) is 0 Å². The van der Waals surface area contributed by atoms with Gasteiger partial charge < -0.3 is 14.8 Å². The lowest BCUT2D eigenvalue weighted by Gasteiger charge is -2.24. The van der Waals surface area contributed by atoms with Crippen LogP contribution >= 0.6 is 11.3 Å².